The van der Waals surface area contributed by atoms with Gasteiger partial charge in [-0.1, -0.05) is 25.1 Å². The van der Waals surface area contributed by atoms with Crippen LogP contribution in [0, 0.1) is 0 Å². The zero-order valence-corrected chi connectivity index (χ0v) is 13.6. The largest absolute Gasteiger partial charge is 0.371 e. The van der Waals surface area contributed by atoms with Crippen LogP contribution in [0.4, 0.5) is 5.69 Å². The Hall–Kier alpha value is -1.32. The minimum Gasteiger partial charge on any atom is -0.371 e. The number of nitrogens with one attached hydrogen (secondary N) is 1. The lowest BCUT2D eigenvalue weighted by atomic mass is 10.1. The van der Waals surface area contributed by atoms with Gasteiger partial charge >= 0.3 is 0 Å². The monoisotopic (exact) mass is 300 g/mol. The van der Waals surface area contributed by atoms with E-state index in [0.29, 0.717) is 0 Å². The SMILES string of the molecule is CCc1ccsc1CNCc1ccccc1N1CCCC1. The predicted molar refractivity (Wildman–Crippen MR) is 92.1 cm³/mol. The molecule has 0 atom stereocenters. The fourth-order valence-electron chi connectivity index (χ4n) is 3.07. The van der Waals surface area contributed by atoms with Gasteiger partial charge in [0.15, 0.2) is 0 Å². The van der Waals surface area contributed by atoms with E-state index in [4.69, 9.17) is 0 Å². The van der Waals surface area contributed by atoms with Gasteiger partial charge in [0.25, 0.3) is 0 Å². The second-order valence-corrected chi connectivity index (χ2v) is 6.65. The van der Waals surface area contributed by atoms with Crippen LogP contribution in [0.5, 0.6) is 0 Å². The van der Waals surface area contributed by atoms with E-state index < -0.39 is 0 Å². The van der Waals surface area contributed by atoms with E-state index in [-0.39, 0.29) is 0 Å². The van der Waals surface area contributed by atoms with Crippen molar-refractivity contribution in [2.45, 2.75) is 39.3 Å². The van der Waals surface area contributed by atoms with Crippen molar-refractivity contribution in [1.29, 1.82) is 0 Å². The van der Waals surface area contributed by atoms with Crippen molar-refractivity contribution in [2.24, 2.45) is 0 Å². The van der Waals surface area contributed by atoms with Gasteiger partial charge in [0.05, 0.1) is 0 Å². The summed E-state index contributed by atoms with van der Waals surface area (Å²) in [5.74, 6) is 0. The van der Waals surface area contributed by atoms with Gasteiger partial charge in [-0.15, -0.1) is 11.3 Å². The Kier molecular flexibility index (Phi) is 4.94. The van der Waals surface area contributed by atoms with Crippen LogP contribution in [0.1, 0.15) is 35.8 Å². The van der Waals surface area contributed by atoms with Crippen molar-refractivity contribution in [1.82, 2.24) is 5.32 Å². The summed E-state index contributed by atoms with van der Waals surface area (Å²) < 4.78 is 0. The Morgan fingerprint density at radius 1 is 1.05 bits per heavy atom. The number of nitrogens with zero attached hydrogens (tertiary/aromatic N) is 1. The Morgan fingerprint density at radius 2 is 1.86 bits per heavy atom. The highest BCUT2D eigenvalue weighted by molar-refractivity contribution is 7.10. The summed E-state index contributed by atoms with van der Waals surface area (Å²) in [4.78, 5) is 4.01. The number of aryl methyl sites for hydroxylation is 1. The van der Waals surface area contributed by atoms with Crippen LogP contribution in [0.25, 0.3) is 0 Å². The zero-order valence-electron chi connectivity index (χ0n) is 12.8. The molecule has 1 saturated heterocycles. The van der Waals surface area contributed by atoms with Gasteiger partial charge in [0, 0.05) is 36.7 Å². The highest BCUT2D eigenvalue weighted by atomic mass is 32.1. The molecule has 3 heteroatoms. The van der Waals surface area contributed by atoms with Crippen molar-refractivity contribution in [2.75, 3.05) is 18.0 Å². The van der Waals surface area contributed by atoms with Crippen molar-refractivity contribution >= 4 is 17.0 Å². The minimum atomic E-state index is 0.952. The standard InChI is InChI=1S/C18H24N2S/c1-2-15-9-12-21-18(15)14-19-13-16-7-3-4-8-17(16)20-10-5-6-11-20/h3-4,7-9,12,19H,2,5-6,10-11,13-14H2,1H3. The molecule has 0 aliphatic carbocycles. The van der Waals surface area contributed by atoms with E-state index in [1.807, 2.05) is 11.3 Å². The molecule has 112 valence electrons. The van der Waals surface area contributed by atoms with Gasteiger partial charge in [0.2, 0.25) is 0 Å². The van der Waals surface area contributed by atoms with Crippen LogP contribution >= 0.6 is 11.3 Å². The summed E-state index contributed by atoms with van der Waals surface area (Å²) in [5, 5.41) is 5.83. The van der Waals surface area contributed by atoms with E-state index in [1.165, 1.54) is 47.6 Å². The van der Waals surface area contributed by atoms with Gasteiger partial charge in [-0.3, -0.25) is 0 Å². The number of anilines is 1. The topological polar surface area (TPSA) is 15.3 Å². The molecular formula is C18H24N2S. The summed E-state index contributed by atoms with van der Waals surface area (Å²) in [6.45, 7) is 6.58. The molecule has 0 saturated carbocycles. The molecule has 0 radical (unpaired) electrons. The molecular weight excluding hydrogens is 276 g/mol. The summed E-state index contributed by atoms with van der Waals surface area (Å²) in [6.07, 6.45) is 3.79. The molecule has 1 aliphatic heterocycles. The third kappa shape index (κ3) is 3.47. The number of benzene rings is 1. The zero-order chi connectivity index (χ0) is 14.5. The normalized spacial score (nSPS) is 14.8. The Labute approximate surface area is 131 Å². The van der Waals surface area contributed by atoms with E-state index in [1.54, 1.807) is 0 Å². The van der Waals surface area contributed by atoms with Gasteiger partial charge in [0.1, 0.15) is 0 Å². The number of para-hydroxylation sites is 1. The first kappa shape index (κ1) is 14.6. The Bertz CT molecular complexity index is 570. The molecule has 2 nitrogen and oxygen atoms in total. The molecule has 1 N–H and O–H groups in total. The van der Waals surface area contributed by atoms with E-state index >= 15 is 0 Å². The van der Waals surface area contributed by atoms with Gasteiger partial charge < -0.3 is 10.2 Å². The molecule has 0 unspecified atom stereocenters. The highest BCUT2D eigenvalue weighted by Crippen LogP contribution is 2.24. The number of rotatable bonds is 6. The predicted octanol–water partition coefficient (Wildman–Crippen LogP) is 4.20. The first-order valence-corrected chi connectivity index (χ1v) is 8.85. The fraction of sp³-hybridized carbons (Fsp3) is 0.444. The molecule has 21 heavy (non-hydrogen) atoms. The van der Waals surface area contributed by atoms with Crippen molar-refractivity contribution in [3.63, 3.8) is 0 Å². The molecule has 0 bridgehead atoms. The molecule has 3 rings (SSSR count). The molecule has 2 aromatic rings. The van der Waals surface area contributed by atoms with Crippen LogP contribution < -0.4 is 10.2 Å². The Morgan fingerprint density at radius 3 is 2.67 bits per heavy atom. The molecule has 1 aromatic heterocycles. The van der Waals surface area contributed by atoms with Crippen molar-refractivity contribution < 1.29 is 0 Å². The van der Waals surface area contributed by atoms with E-state index in [2.05, 4.69) is 52.9 Å². The van der Waals surface area contributed by atoms with E-state index in [9.17, 15) is 0 Å². The number of thiophene rings is 1. The summed E-state index contributed by atoms with van der Waals surface area (Å²) >= 11 is 1.87. The third-order valence-electron chi connectivity index (χ3n) is 4.26. The third-order valence-corrected chi connectivity index (χ3v) is 5.22. The molecule has 2 heterocycles. The van der Waals surface area contributed by atoms with Crippen molar-refractivity contribution in [3.8, 4) is 0 Å². The summed E-state index contributed by atoms with van der Waals surface area (Å²) in [6, 6.07) is 11.1. The lowest BCUT2D eigenvalue weighted by Crippen LogP contribution is -2.21. The van der Waals surface area contributed by atoms with Crippen LogP contribution in [0.3, 0.4) is 0 Å². The van der Waals surface area contributed by atoms with E-state index in [0.717, 1.165) is 19.5 Å². The van der Waals surface area contributed by atoms with Crippen LogP contribution in [-0.4, -0.2) is 13.1 Å². The molecule has 1 fully saturated rings. The van der Waals surface area contributed by atoms with Crippen LogP contribution in [0.15, 0.2) is 35.7 Å². The average molecular weight is 300 g/mol. The summed E-state index contributed by atoms with van der Waals surface area (Å²) in [7, 11) is 0. The van der Waals surface area contributed by atoms with Crippen molar-refractivity contribution in [3.05, 3.63) is 51.7 Å². The van der Waals surface area contributed by atoms with Crippen LogP contribution in [0.2, 0.25) is 0 Å². The smallest absolute Gasteiger partial charge is 0.0411 e. The Balaban J connectivity index is 1.62. The first-order chi connectivity index (χ1) is 10.4. The maximum atomic E-state index is 3.63. The number of hydrogen-bond donors (Lipinski definition) is 1. The lowest BCUT2D eigenvalue weighted by Gasteiger charge is -2.21. The lowest BCUT2D eigenvalue weighted by molar-refractivity contribution is 0.694. The number of hydrogen-bond acceptors (Lipinski definition) is 3. The molecule has 0 spiro atoms. The molecule has 0 amide bonds. The molecule has 1 aliphatic rings. The first-order valence-electron chi connectivity index (χ1n) is 7.97. The van der Waals surface area contributed by atoms with Gasteiger partial charge in [-0.25, -0.2) is 0 Å². The van der Waals surface area contributed by atoms with Gasteiger partial charge in [-0.2, -0.15) is 0 Å². The fourth-order valence-corrected chi connectivity index (χ4v) is 4.02. The maximum absolute atomic E-state index is 3.63. The minimum absolute atomic E-state index is 0.952. The van der Waals surface area contributed by atoms with Gasteiger partial charge in [-0.05, 0) is 47.9 Å². The molecule has 1 aromatic carbocycles. The maximum Gasteiger partial charge on any atom is 0.0411 e. The summed E-state index contributed by atoms with van der Waals surface area (Å²) in [5.41, 5.74) is 4.33. The second kappa shape index (κ2) is 7.10. The van der Waals surface area contributed by atoms with Crippen LogP contribution in [-0.2, 0) is 19.5 Å². The average Bonchev–Trinajstić information content (AvgIpc) is 3.19. The quantitative estimate of drug-likeness (QED) is 0.860. The highest BCUT2D eigenvalue weighted by Gasteiger charge is 2.15. The second-order valence-electron chi connectivity index (χ2n) is 5.65.